The van der Waals surface area contributed by atoms with Crippen molar-refractivity contribution in [1.29, 1.82) is 0 Å². The van der Waals surface area contributed by atoms with Crippen molar-refractivity contribution in [1.82, 2.24) is 4.40 Å². The molecular formula is C38H50N3O3+. The lowest BCUT2D eigenvalue weighted by Gasteiger charge is -2.13. The molecule has 2 heterocycles. The van der Waals surface area contributed by atoms with Crippen LogP contribution in [0.5, 0.6) is 5.75 Å². The third-order valence-electron chi connectivity index (χ3n) is 8.18. The number of Topliss-reactive ketones (excluding diaryl/α,β-unsaturated/α-hetero) is 1. The molecule has 2 aromatic heterocycles. The zero-order chi connectivity index (χ0) is 31.0. The summed E-state index contributed by atoms with van der Waals surface area (Å²) in [6, 6.07) is 19.5. The number of amides is 1. The van der Waals surface area contributed by atoms with Crippen LogP contribution < -0.4 is 14.6 Å². The highest BCUT2D eigenvalue weighted by molar-refractivity contribution is 5.98. The molecular weight excluding hydrogens is 546 g/mol. The van der Waals surface area contributed by atoms with E-state index >= 15 is 0 Å². The molecule has 0 fully saturated rings. The Morgan fingerprint density at radius 3 is 2.20 bits per heavy atom. The van der Waals surface area contributed by atoms with E-state index < -0.39 is 0 Å². The van der Waals surface area contributed by atoms with Gasteiger partial charge in [0.15, 0.2) is 11.3 Å². The Kier molecular flexibility index (Phi) is 13.5. The van der Waals surface area contributed by atoms with Crippen LogP contribution in [0, 0.1) is 0 Å². The van der Waals surface area contributed by atoms with Crippen molar-refractivity contribution in [3.05, 3.63) is 96.1 Å². The number of para-hydroxylation sites is 1. The predicted octanol–water partition coefficient (Wildman–Crippen LogP) is 8.74. The number of imidazole rings is 1. The molecule has 0 aliphatic rings. The SMILES string of the molecule is CCCCCCCCCCCCCCOc1ccc(CC(=O)Nc2ccccc2C[n+]2cc3ccccn3c2)cc1C(C)=O. The number of carbonyl (C=O) groups excluding carboxylic acids is 2. The first-order valence-corrected chi connectivity index (χ1v) is 16.6. The highest BCUT2D eigenvalue weighted by Crippen LogP contribution is 2.23. The molecule has 0 atom stereocenters. The van der Waals surface area contributed by atoms with E-state index in [9.17, 15) is 9.59 Å². The summed E-state index contributed by atoms with van der Waals surface area (Å²) < 4.78 is 10.2. The van der Waals surface area contributed by atoms with E-state index in [1.165, 1.54) is 64.2 Å². The predicted molar refractivity (Wildman–Crippen MR) is 178 cm³/mol. The third kappa shape index (κ3) is 10.7. The number of anilines is 1. The van der Waals surface area contributed by atoms with E-state index in [1.807, 2.05) is 61.1 Å². The van der Waals surface area contributed by atoms with Gasteiger partial charge in [0.05, 0.1) is 24.8 Å². The second-order valence-corrected chi connectivity index (χ2v) is 12.0. The number of rotatable bonds is 20. The lowest BCUT2D eigenvalue weighted by molar-refractivity contribution is -0.686. The molecule has 1 N–H and O–H groups in total. The Hall–Kier alpha value is -3.93. The number of ketones is 1. The number of aromatic nitrogens is 2. The summed E-state index contributed by atoms with van der Waals surface area (Å²) in [5, 5.41) is 3.08. The van der Waals surface area contributed by atoms with E-state index in [-0.39, 0.29) is 18.1 Å². The molecule has 4 rings (SSSR count). The van der Waals surface area contributed by atoms with E-state index in [1.54, 1.807) is 13.0 Å². The molecule has 0 aliphatic carbocycles. The van der Waals surface area contributed by atoms with Gasteiger partial charge in [0.25, 0.3) is 0 Å². The molecule has 4 aromatic rings. The Balaban J connectivity index is 1.21. The Morgan fingerprint density at radius 1 is 0.818 bits per heavy atom. The van der Waals surface area contributed by atoms with Crippen LogP contribution in [-0.2, 0) is 17.8 Å². The fourth-order valence-electron chi connectivity index (χ4n) is 5.70. The highest BCUT2D eigenvalue weighted by Gasteiger charge is 2.14. The van der Waals surface area contributed by atoms with Crippen molar-refractivity contribution < 1.29 is 18.9 Å². The Labute approximate surface area is 263 Å². The number of hydrogen-bond donors (Lipinski definition) is 1. The molecule has 0 aliphatic heterocycles. The first kappa shape index (κ1) is 33.0. The zero-order valence-corrected chi connectivity index (χ0v) is 26.7. The molecule has 0 saturated carbocycles. The number of pyridine rings is 1. The Morgan fingerprint density at radius 2 is 1.50 bits per heavy atom. The fraction of sp³-hybridized carbons (Fsp3) is 0.447. The first-order valence-electron chi connectivity index (χ1n) is 16.6. The van der Waals surface area contributed by atoms with Gasteiger partial charge in [0.2, 0.25) is 12.2 Å². The van der Waals surface area contributed by atoms with Gasteiger partial charge in [0, 0.05) is 11.3 Å². The second kappa shape index (κ2) is 18.0. The minimum atomic E-state index is -0.121. The molecule has 6 nitrogen and oxygen atoms in total. The number of unbranched alkanes of at least 4 members (excludes halogenated alkanes) is 11. The van der Waals surface area contributed by atoms with Crippen molar-refractivity contribution >= 4 is 22.9 Å². The van der Waals surface area contributed by atoms with Gasteiger partial charge in [-0.15, -0.1) is 0 Å². The van der Waals surface area contributed by atoms with Crippen molar-refractivity contribution in [2.24, 2.45) is 0 Å². The number of nitrogens with zero attached hydrogens (tertiary/aromatic N) is 2. The van der Waals surface area contributed by atoms with E-state index in [0.717, 1.165) is 35.2 Å². The maximum absolute atomic E-state index is 13.1. The summed E-state index contributed by atoms with van der Waals surface area (Å²) in [6.45, 7) is 5.05. The lowest BCUT2D eigenvalue weighted by atomic mass is 10.0. The standard InChI is InChI=1S/C38H49N3O3/c1-3-4-5-6-7-8-9-10-11-12-13-18-25-44-37-23-22-32(26-35(37)31(2)42)27-38(43)39-36-21-15-14-19-33(36)28-40-29-34-20-16-17-24-41(34)30-40/h14-17,19-24,26,29-30H,3-13,18,25,27-28H2,1-2H3/p+1. The van der Waals surface area contributed by atoms with Crippen LogP contribution in [0.1, 0.15) is 112 Å². The van der Waals surface area contributed by atoms with E-state index in [4.69, 9.17) is 4.74 Å². The van der Waals surface area contributed by atoms with Crippen molar-refractivity contribution in [3.63, 3.8) is 0 Å². The molecule has 0 bridgehead atoms. The van der Waals surface area contributed by atoms with Gasteiger partial charge < -0.3 is 10.1 Å². The number of fused-ring (bicyclic) bond motifs is 1. The number of carbonyl (C=O) groups is 2. The summed E-state index contributed by atoms with van der Waals surface area (Å²) in [5.41, 5.74) is 4.24. The quantitative estimate of drug-likeness (QED) is 0.0630. The van der Waals surface area contributed by atoms with Gasteiger partial charge in [-0.25, -0.2) is 8.97 Å². The second-order valence-electron chi connectivity index (χ2n) is 12.0. The minimum absolute atomic E-state index is 0.0562. The Bertz CT molecular complexity index is 1440. The zero-order valence-electron chi connectivity index (χ0n) is 26.7. The van der Waals surface area contributed by atoms with Crippen molar-refractivity contribution in [3.8, 4) is 5.75 Å². The average Bonchev–Trinajstić information content (AvgIpc) is 3.43. The lowest BCUT2D eigenvalue weighted by Crippen LogP contribution is -2.32. The fourth-order valence-corrected chi connectivity index (χ4v) is 5.70. The largest absolute Gasteiger partial charge is 0.493 e. The van der Waals surface area contributed by atoms with Crippen LogP contribution in [0.15, 0.2) is 79.4 Å². The molecule has 0 radical (unpaired) electrons. The molecule has 0 unspecified atom stereocenters. The van der Waals surface area contributed by atoms with Gasteiger partial charge in [-0.3, -0.25) is 9.59 Å². The van der Waals surface area contributed by atoms with Crippen LogP contribution in [0.25, 0.3) is 5.52 Å². The summed E-state index contributed by atoms with van der Waals surface area (Å²) >= 11 is 0. The van der Waals surface area contributed by atoms with Crippen molar-refractivity contribution in [2.75, 3.05) is 11.9 Å². The van der Waals surface area contributed by atoms with Crippen LogP contribution in [0.4, 0.5) is 5.69 Å². The van der Waals surface area contributed by atoms with Crippen molar-refractivity contribution in [2.45, 2.75) is 104 Å². The number of benzene rings is 2. The van der Waals surface area contributed by atoms with Gasteiger partial charge in [-0.05, 0) is 49.2 Å². The molecule has 0 saturated heterocycles. The summed E-state index contributed by atoms with van der Waals surface area (Å²) in [6.07, 6.45) is 21.9. The van der Waals surface area contributed by atoms with Gasteiger partial charge in [-0.1, -0.05) is 108 Å². The smallest absolute Gasteiger partial charge is 0.249 e. The molecule has 1 amide bonds. The van der Waals surface area contributed by atoms with E-state index in [0.29, 0.717) is 24.5 Å². The number of nitrogens with one attached hydrogen (secondary N) is 1. The number of hydrogen-bond acceptors (Lipinski definition) is 3. The molecule has 234 valence electrons. The molecule has 44 heavy (non-hydrogen) atoms. The molecule has 0 spiro atoms. The van der Waals surface area contributed by atoms with Crippen LogP contribution in [0.2, 0.25) is 0 Å². The number of ether oxygens (including phenoxy) is 1. The average molecular weight is 597 g/mol. The third-order valence-corrected chi connectivity index (χ3v) is 8.18. The monoisotopic (exact) mass is 596 g/mol. The summed E-state index contributed by atoms with van der Waals surface area (Å²) in [7, 11) is 0. The van der Waals surface area contributed by atoms with Crippen LogP contribution in [-0.4, -0.2) is 22.7 Å². The highest BCUT2D eigenvalue weighted by atomic mass is 16.5. The minimum Gasteiger partial charge on any atom is -0.493 e. The summed E-state index contributed by atoms with van der Waals surface area (Å²) in [5.74, 6) is 0.426. The first-order chi connectivity index (χ1) is 21.5. The van der Waals surface area contributed by atoms with Crippen LogP contribution in [0.3, 0.4) is 0 Å². The molecule has 2 aromatic carbocycles. The maximum Gasteiger partial charge on any atom is 0.249 e. The van der Waals surface area contributed by atoms with Gasteiger partial charge in [0.1, 0.15) is 18.5 Å². The normalized spacial score (nSPS) is 11.1. The van der Waals surface area contributed by atoms with Gasteiger partial charge >= 0.3 is 0 Å². The topological polar surface area (TPSA) is 63.7 Å². The molecule has 6 heteroatoms. The summed E-state index contributed by atoms with van der Waals surface area (Å²) in [4.78, 5) is 25.5. The van der Waals surface area contributed by atoms with E-state index in [2.05, 4.69) is 33.5 Å². The van der Waals surface area contributed by atoms with Crippen LogP contribution >= 0.6 is 0 Å². The maximum atomic E-state index is 13.1. The van der Waals surface area contributed by atoms with Gasteiger partial charge in [-0.2, -0.15) is 0 Å².